The normalized spacial score (nSPS) is 17.2. The van der Waals surface area contributed by atoms with Gasteiger partial charge in [0.1, 0.15) is 5.76 Å². The van der Waals surface area contributed by atoms with Crippen LogP contribution in [0.15, 0.2) is 53.1 Å². The Balaban J connectivity index is 1.57. The first-order valence-electron chi connectivity index (χ1n) is 8.36. The number of hydrogen-bond acceptors (Lipinski definition) is 3. The smallest absolute Gasteiger partial charge is 0.230 e. The van der Waals surface area contributed by atoms with Gasteiger partial charge in [0, 0.05) is 26.2 Å². The zero-order valence-corrected chi connectivity index (χ0v) is 13.6. The van der Waals surface area contributed by atoms with Crippen LogP contribution in [0.25, 0.3) is 0 Å². The van der Waals surface area contributed by atoms with Gasteiger partial charge in [-0.1, -0.05) is 37.3 Å². The third-order valence-electron chi connectivity index (χ3n) is 4.55. The van der Waals surface area contributed by atoms with Crippen LogP contribution in [0.1, 0.15) is 30.6 Å². The first-order valence-corrected chi connectivity index (χ1v) is 8.36. The summed E-state index contributed by atoms with van der Waals surface area (Å²) in [5, 5.41) is 0. The van der Waals surface area contributed by atoms with Crippen molar-refractivity contribution in [3.05, 3.63) is 60.1 Å². The summed E-state index contributed by atoms with van der Waals surface area (Å²) in [6.45, 7) is 6.30. The van der Waals surface area contributed by atoms with Crippen molar-refractivity contribution in [3.8, 4) is 0 Å². The molecule has 0 spiro atoms. The molecule has 4 heteroatoms. The Morgan fingerprint density at radius 2 is 1.83 bits per heavy atom. The maximum atomic E-state index is 12.8. The highest BCUT2D eigenvalue weighted by molar-refractivity contribution is 5.83. The van der Waals surface area contributed by atoms with Crippen LogP contribution in [0.2, 0.25) is 0 Å². The number of amides is 1. The predicted molar refractivity (Wildman–Crippen MR) is 90.0 cm³/mol. The lowest BCUT2D eigenvalue weighted by molar-refractivity contribution is -0.134. The average Bonchev–Trinajstić information content (AvgIpc) is 3.10. The lowest BCUT2D eigenvalue weighted by Crippen LogP contribution is -2.49. The average molecular weight is 312 g/mol. The van der Waals surface area contributed by atoms with Crippen LogP contribution in [0.4, 0.5) is 0 Å². The highest BCUT2D eigenvalue weighted by atomic mass is 16.3. The molecule has 0 radical (unpaired) electrons. The molecule has 2 aromatic rings. The Bertz CT molecular complexity index is 602. The molecule has 0 bridgehead atoms. The van der Waals surface area contributed by atoms with Gasteiger partial charge in [-0.3, -0.25) is 9.69 Å². The topological polar surface area (TPSA) is 36.7 Å². The zero-order valence-electron chi connectivity index (χ0n) is 13.6. The van der Waals surface area contributed by atoms with E-state index in [0.29, 0.717) is 0 Å². The second kappa shape index (κ2) is 7.47. The Morgan fingerprint density at radius 3 is 2.43 bits per heavy atom. The van der Waals surface area contributed by atoms with Gasteiger partial charge in [-0.15, -0.1) is 0 Å². The lowest BCUT2D eigenvalue weighted by atomic mass is 9.95. The monoisotopic (exact) mass is 312 g/mol. The van der Waals surface area contributed by atoms with E-state index in [-0.39, 0.29) is 11.8 Å². The van der Waals surface area contributed by atoms with Crippen LogP contribution >= 0.6 is 0 Å². The van der Waals surface area contributed by atoms with Gasteiger partial charge in [-0.05, 0) is 24.1 Å². The van der Waals surface area contributed by atoms with E-state index in [1.807, 2.05) is 35.2 Å². The van der Waals surface area contributed by atoms with Crippen LogP contribution in [0.3, 0.4) is 0 Å². The molecule has 0 aliphatic carbocycles. The quantitative estimate of drug-likeness (QED) is 0.851. The molecule has 122 valence electrons. The fourth-order valence-corrected chi connectivity index (χ4v) is 3.21. The fourth-order valence-electron chi connectivity index (χ4n) is 3.21. The Hall–Kier alpha value is -2.07. The highest BCUT2D eigenvalue weighted by Gasteiger charge is 2.27. The predicted octanol–water partition coefficient (Wildman–Crippen LogP) is 3.12. The minimum absolute atomic E-state index is 0.0205. The number of piperazine rings is 1. The summed E-state index contributed by atoms with van der Waals surface area (Å²) >= 11 is 0. The van der Waals surface area contributed by atoms with Gasteiger partial charge in [-0.2, -0.15) is 0 Å². The molecule has 0 unspecified atom stereocenters. The van der Waals surface area contributed by atoms with Crippen molar-refractivity contribution in [1.82, 2.24) is 9.80 Å². The van der Waals surface area contributed by atoms with E-state index < -0.39 is 0 Å². The summed E-state index contributed by atoms with van der Waals surface area (Å²) in [5.74, 6) is 1.23. The van der Waals surface area contributed by atoms with Gasteiger partial charge < -0.3 is 9.32 Å². The standard InChI is InChI=1S/C19H24N2O2/c1-2-18(16-7-4-3-5-8-16)19(22)21-12-10-20(11-13-21)15-17-9-6-14-23-17/h3-9,14,18H,2,10-13,15H2,1H3/t18-/m0/s1. The summed E-state index contributed by atoms with van der Waals surface area (Å²) < 4.78 is 5.40. The van der Waals surface area contributed by atoms with Crippen molar-refractivity contribution in [2.24, 2.45) is 0 Å². The van der Waals surface area contributed by atoms with E-state index in [4.69, 9.17) is 4.42 Å². The molecule has 2 heterocycles. The molecular formula is C19H24N2O2. The molecule has 0 saturated carbocycles. The van der Waals surface area contributed by atoms with Crippen molar-refractivity contribution in [3.63, 3.8) is 0 Å². The molecule has 1 atom stereocenters. The number of carbonyl (C=O) groups excluding carboxylic acids is 1. The number of rotatable bonds is 5. The number of benzene rings is 1. The maximum absolute atomic E-state index is 12.8. The molecule has 1 aromatic carbocycles. The van der Waals surface area contributed by atoms with E-state index in [1.54, 1.807) is 6.26 Å². The minimum Gasteiger partial charge on any atom is -0.468 e. The van der Waals surface area contributed by atoms with Gasteiger partial charge in [-0.25, -0.2) is 0 Å². The number of nitrogens with zero attached hydrogens (tertiary/aromatic N) is 2. The molecule has 1 aromatic heterocycles. The second-order valence-electron chi connectivity index (χ2n) is 6.05. The third kappa shape index (κ3) is 3.82. The number of hydrogen-bond donors (Lipinski definition) is 0. The Kier molecular flexibility index (Phi) is 5.13. The van der Waals surface area contributed by atoms with Crippen molar-refractivity contribution < 1.29 is 9.21 Å². The number of carbonyl (C=O) groups is 1. The summed E-state index contributed by atoms with van der Waals surface area (Å²) in [7, 11) is 0. The largest absolute Gasteiger partial charge is 0.468 e. The van der Waals surface area contributed by atoms with E-state index >= 15 is 0 Å². The summed E-state index contributed by atoms with van der Waals surface area (Å²) in [6, 6.07) is 14.0. The van der Waals surface area contributed by atoms with Crippen molar-refractivity contribution >= 4 is 5.91 Å². The van der Waals surface area contributed by atoms with Crippen LogP contribution in [-0.4, -0.2) is 41.9 Å². The molecule has 1 fully saturated rings. The molecular weight excluding hydrogens is 288 g/mol. The van der Waals surface area contributed by atoms with E-state index in [0.717, 1.165) is 50.5 Å². The Morgan fingerprint density at radius 1 is 1.09 bits per heavy atom. The number of furan rings is 1. The molecule has 1 aliphatic heterocycles. The molecule has 1 saturated heterocycles. The van der Waals surface area contributed by atoms with E-state index in [9.17, 15) is 4.79 Å². The highest BCUT2D eigenvalue weighted by Crippen LogP contribution is 2.23. The summed E-state index contributed by atoms with van der Waals surface area (Å²) in [5.41, 5.74) is 1.12. The SMILES string of the molecule is CC[C@H](C(=O)N1CCN(Cc2ccco2)CC1)c1ccccc1. The zero-order chi connectivity index (χ0) is 16.1. The molecule has 3 rings (SSSR count). The van der Waals surface area contributed by atoms with E-state index in [1.165, 1.54) is 0 Å². The molecule has 4 nitrogen and oxygen atoms in total. The first kappa shape index (κ1) is 15.8. The lowest BCUT2D eigenvalue weighted by Gasteiger charge is -2.36. The van der Waals surface area contributed by atoms with Crippen molar-refractivity contribution in [1.29, 1.82) is 0 Å². The van der Waals surface area contributed by atoms with Gasteiger partial charge in [0.15, 0.2) is 0 Å². The van der Waals surface area contributed by atoms with Gasteiger partial charge >= 0.3 is 0 Å². The Labute approximate surface area is 137 Å². The summed E-state index contributed by atoms with van der Waals surface area (Å²) in [4.78, 5) is 17.2. The van der Waals surface area contributed by atoms with E-state index in [2.05, 4.69) is 24.0 Å². The second-order valence-corrected chi connectivity index (χ2v) is 6.05. The van der Waals surface area contributed by atoms with Crippen LogP contribution in [0, 0.1) is 0 Å². The van der Waals surface area contributed by atoms with Crippen molar-refractivity contribution in [2.45, 2.75) is 25.8 Å². The summed E-state index contributed by atoms with van der Waals surface area (Å²) in [6.07, 6.45) is 2.55. The molecule has 1 amide bonds. The van der Waals surface area contributed by atoms with Gasteiger partial charge in [0.25, 0.3) is 0 Å². The van der Waals surface area contributed by atoms with Gasteiger partial charge in [0.05, 0.1) is 18.7 Å². The van der Waals surface area contributed by atoms with Gasteiger partial charge in [0.2, 0.25) is 5.91 Å². The molecule has 23 heavy (non-hydrogen) atoms. The van der Waals surface area contributed by atoms with Crippen molar-refractivity contribution in [2.75, 3.05) is 26.2 Å². The fraction of sp³-hybridized carbons (Fsp3) is 0.421. The van der Waals surface area contributed by atoms with Crippen LogP contribution in [0.5, 0.6) is 0 Å². The minimum atomic E-state index is -0.0205. The van der Waals surface area contributed by atoms with Crippen LogP contribution < -0.4 is 0 Å². The molecule has 1 aliphatic rings. The third-order valence-corrected chi connectivity index (χ3v) is 4.55. The maximum Gasteiger partial charge on any atom is 0.230 e. The molecule has 0 N–H and O–H groups in total. The van der Waals surface area contributed by atoms with Crippen LogP contribution in [-0.2, 0) is 11.3 Å². The first-order chi connectivity index (χ1) is 11.3.